The molecule has 1 amide bonds. The van der Waals surface area contributed by atoms with Crippen LogP contribution in [-0.2, 0) is 11.3 Å². The van der Waals surface area contributed by atoms with Gasteiger partial charge in [0.2, 0.25) is 0 Å². The van der Waals surface area contributed by atoms with E-state index in [1.807, 2.05) is 36.4 Å². The Balaban J connectivity index is 1.75. The molecule has 28 heavy (non-hydrogen) atoms. The van der Waals surface area contributed by atoms with Crippen LogP contribution in [0.3, 0.4) is 0 Å². The van der Waals surface area contributed by atoms with Crippen molar-refractivity contribution in [3.8, 4) is 17.6 Å². The van der Waals surface area contributed by atoms with E-state index in [1.165, 1.54) is 6.33 Å². The number of aromatic nitrogens is 2. The second-order valence-electron chi connectivity index (χ2n) is 6.19. The zero-order valence-corrected chi connectivity index (χ0v) is 16.0. The number of benzene rings is 2. The van der Waals surface area contributed by atoms with Crippen LogP contribution >= 0.6 is 11.6 Å². The maximum absolute atomic E-state index is 12.4. The molecule has 1 N–H and O–H groups in total. The lowest BCUT2D eigenvalue weighted by molar-refractivity contribution is -0.113. The number of nitrogens with zero attached hydrogens (tertiary/aromatic N) is 3. The fourth-order valence-corrected chi connectivity index (χ4v) is 3.39. The largest absolute Gasteiger partial charge is 0.489 e. The van der Waals surface area contributed by atoms with Gasteiger partial charge in [0.15, 0.2) is 5.75 Å². The third-order valence-electron chi connectivity index (χ3n) is 4.41. The molecule has 140 valence electrons. The maximum atomic E-state index is 12.4. The number of halogens is 1. The molecule has 1 aliphatic rings. The molecule has 3 aromatic rings. The molecule has 0 aliphatic carbocycles. The van der Waals surface area contributed by atoms with Crippen LogP contribution in [0.4, 0.5) is 11.5 Å². The monoisotopic (exact) mass is 392 g/mol. The molecule has 0 saturated heterocycles. The van der Waals surface area contributed by atoms with Crippen molar-refractivity contribution in [2.45, 2.75) is 13.5 Å². The van der Waals surface area contributed by atoms with Crippen molar-refractivity contribution in [1.29, 1.82) is 0 Å². The van der Waals surface area contributed by atoms with Gasteiger partial charge < -0.3 is 10.1 Å². The third-order valence-corrected chi connectivity index (χ3v) is 4.65. The van der Waals surface area contributed by atoms with Crippen molar-refractivity contribution in [2.24, 2.45) is 0 Å². The SMILES string of the molecule is CC#CC(=O)N1CCOc2c1ccc1ncnc(NCc3cccc(Cl)c3)c21. The first kappa shape index (κ1) is 18.1. The van der Waals surface area contributed by atoms with Gasteiger partial charge in [0, 0.05) is 11.6 Å². The summed E-state index contributed by atoms with van der Waals surface area (Å²) < 4.78 is 5.92. The highest BCUT2D eigenvalue weighted by Gasteiger charge is 2.26. The summed E-state index contributed by atoms with van der Waals surface area (Å²) in [4.78, 5) is 22.7. The summed E-state index contributed by atoms with van der Waals surface area (Å²) in [6.07, 6.45) is 1.50. The maximum Gasteiger partial charge on any atom is 0.303 e. The minimum Gasteiger partial charge on any atom is -0.489 e. The van der Waals surface area contributed by atoms with Crippen molar-refractivity contribution in [2.75, 3.05) is 23.4 Å². The molecule has 6 nitrogen and oxygen atoms in total. The van der Waals surface area contributed by atoms with Crippen molar-refractivity contribution >= 4 is 39.9 Å². The van der Waals surface area contributed by atoms with E-state index in [4.69, 9.17) is 16.3 Å². The lowest BCUT2D eigenvalue weighted by Crippen LogP contribution is -2.37. The minimum absolute atomic E-state index is 0.253. The Hall–Kier alpha value is -3.30. The molecule has 7 heteroatoms. The molecule has 0 radical (unpaired) electrons. The van der Waals surface area contributed by atoms with Crippen LogP contribution in [0, 0.1) is 11.8 Å². The summed E-state index contributed by atoms with van der Waals surface area (Å²) in [5.41, 5.74) is 2.44. The van der Waals surface area contributed by atoms with Gasteiger partial charge in [-0.3, -0.25) is 9.69 Å². The Labute approximate surface area is 167 Å². The van der Waals surface area contributed by atoms with Gasteiger partial charge in [0.25, 0.3) is 0 Å². The average molecular weight is 393 g/mol. The Morgan fingerprint density at radius 2 is 2.21 bits per heavy atom. The number of hydrogen-bond donors (Lipinski definition) is 1. The number of anilines is 2. The van der Waals surface area contributed by atoms with E-state index in [1.54, 1.807) is 11.8 Å². The third kappa shape index (κ3) is 3.45. The van der Waals surface area contributed by atoms with Gasteiger partial charge in [0.1, 0.15) is 18.8 Å². The van der Waals surface area contributed by atoms with Gasteiger partial charge in [-0.1, -0.05) is 29.7 Å². The summed E-state index contributed by atoms with van der Waals surface area (Å²) in [6, 6.07) is 11.3. The van der Waals surface area contributed by atoms with Crippen molar-refractivity contribution < 1.29 is 9.53 Å². The van der Waals surface area contributed by atoms with Crippen LogP contribution in [0.15, 0.2) is 42.7 Å². The second-order valence-corrected chi connectivity index (χ2v) is 6.63. The van der Waals surface area contributed by atoms with Crippen molar-refractivity contribution in [3.63, 3.8) is 0 Å². The molecule has 1 aromatic heterocycles. The molecule has 0 fully saturated rings. The van der Waals surface area contributed by atoms with Crippen LogP contribution in [0.5, 0.6) is 5.75 Å². The molecule has 1 aliphatic heterocycles. The quantitative estimate of drug-likeness (QED) is 0.689. The highest BCUT2D eigenvalue weighted by Crippen LogP contribution is 2.40. The normalized spacial score (nSPS) is 12.6. The Bertz CT molecular complexity index is 1120. The van der Waals surface area contributed by atoms with E-state index in [2.05, 4.69) is 27.1 Å². The lowest BCUT2D eigenvalue weighted by Gasteiger charge is -2.29. The van der Waals surface area contributed by atoms with Crippen LogP contribution in [0.25, 0.3) is 10.9 Å². The lowest BCUT2D eigenvalue weighted by atomic mass is 10.1. The molecular formula is C21H17ClN4O2. The zero-order chi connectivity index (χ0) is 19.5. The highest BCUT2D eigenvalue weighted by molar-refractivity contribution is 6.30. The summed E-state index contributed by atoms with van der Waals surface area (Å²) in [5, 5.41) is 4.75. The first-order valence-corrected chi connectivity index (χ1v) is 9.18. The predicted molar refractivity (Wildman–Crippen MR) is 110 cm³/mol. The predicted octanol–water partition coefficient (Wildman–Crippen LogP) is 3.64. The van der Waals surface area contributed by atoms with Gasteiger partial charge in [-0.05, 0) is 42.7 Å². The summed E-state index contributed by atoms with van der Waals surface area (Å²) in [6.45, 7) is 3.02. The Kier molecular flexibility index (Phi) is 5.00. The Morgan fingerprint density at radius 3 is 3.04 bits per heavy atom. The fourth-order valence-electron chi connectivity index (χ4n) is 3.18. The van der Waals surface area contributed by atoms with Crippen molar-refractivity contribution in [3.05, 3.63) is 53.3 Å². The first-order valence-electron chi connectivity index (χ1n) is 8.80. The number of amides is 1. The number of fused-ring (bicyclic) bond motifs is 3. The van der Waals surface area contributed by atoms with E-state index >= 15 is 0 Å². The van der Waals surface area contributed by atoms with E-state index in [0.717, 1.165) is 16.5 Å². The second kappa shape index (κ2) is 7.75. The number of ether oxygens (including phenoxy) is 1. The van der Waals surface area contributed by atoms with Gasteiger partial charge in [-0.25, -0.2) is 9.97 Å². The standard InChI is InChI=1S/C21H17ClN4O2/c1-2-4-18(27)26-9-10-28-20-17(26)8-7-16-19(20)21(25-13-24-16)23-12-14-5-3-6-15(22)11-14/h3,5-8,11,13H,9-10,12H2,1H3,(H,23,24,25). The van der Waals surface area contributed by atoms with E-state index in [0.29, 0.717) is 42.0 Å². The molecule has 0 spiro atoms. The molecular weight excluding hydrogens is 376 g/mol. The van der Waals surface area contributed by atoms with Crippen molar-refractivity contribution in [1.82, 2.24) is 9.97 Å². The molecule has 0 unspecified atom stereocenters. The average Bonchev–Trinajstić information content (AvgIpc) is 2.71. The summed E-state index contributed by atoms with van der Waals surface area (Å²) in [5.74, 6) is 6.22. The number of hydrogen-bond acceptors (Lipinski definition) is 5. The molecule has 0 atom stereocenters. The Morgan fingerprint density at radius 1 is 1.32 bits per heavy atom. The number of nitrogens with one attached hydrogen (secondary N) is 1. The summed E-state index contributed by atoms with van der Waals surface area (Å²) >= 11 is 6.07. The smallest absolute Gasteiger partial charge is 0.303 e. The number of carbonyl (C=O) groups is 1. The molecule has 2 aromatic carbocycles. The van der Waals surface area contributed by atoms with E-state index in [9.17, 15) is 4.79 Å². The van der Waals surface area contributed by atoms with Gasteiger partial charge in [-0.15, -0.1) is 0 Å². The van der Waals surface area contributed by atoms with E-state index in [-0.39, 0.29) is 5.91 Å². The number of carbonyl (C=O) groups excluding carboxylic acids is 1. The van der Waals surface area contributed by atoms with Gasteiger partial charge in [-0.2, -0.15) is 0 Å². The first-order chi connectivity index (χ1) is 13.7. The minimum atomic E-state index is -0.253. The summed E-state index contributed by atoms with van der Waals surface area (Å²) in [7, 11) is 0. The fraction of sp³-hybridized carbons (Fsp3) is 0.190. The van der Waals surface area contributed by atoms with E-state index < -0.39 is 0 Å². The van der Waals surface area contributed by atoms with Gasteiger partial charge >= 0.3 is 5.91 Å². The van der Waals surface area contributed by atoms with Crippen LogP contribution in [-0.4, -0.2) is 29.0 Å². The van der Waals surface area contributed by atoms with Crippen LogP contribution in [0.2, 0.25) is 5.02 Å². The highest BCUT2D eigenvalue weighted by atomic mass is 35.5. The van der Waals surface area contributed by atoms with Crippen LogP contribution < -0.4 is 15.0 Å². The number of rotatable bonds is 3. The topological polar surface area (TPSA) is 67.4 Å². The van der Waals surface area contributed by atoms with Gasteiger partial charge in [0.05, 0.1) is 23.1 Å². The molecule has 4 rings (SSSR count). The zero-order valence-electron chi connectivity index (χ0n) is 15.2. The molecule has 0 saturated carbocycles. The molecule has 0 bridgehead atoms. The van der Waals surface area contributed by atoms with Crippen LogP contribution in [0.1, 0.15) is 12.5 Å². The molecule has 2 heterocycles.